The molecule has 1 aromatic heterocycles. The number of benzene rings is 1. The number of rotatable bonds is 4. The fraction of sp³-hybridized carbons (Fsp3) is 0.176. The van der Waals surface area contributed by atoms with Gasteiger partial charge in [-0.3, -0.25) is 24.3 Å². The van der Waals surface area contributed by atoms with E-state index in [4.69, 9.17) is 11.6 Å². The van der Waals surface area contributed by atoms with Crippen LogP contribution in [-0.4, -0.2) is 34.2 Å². The molecule has 7 heteroatoms. The van der Waals surface area contributed by atoms with Crippen molar-refractivity contribution in [2.75, 3.05) is 11.9 Å². The highest BCUT2D eigenvalue weighted by Gasteiger charge is 2.36. The predicted octanol–water partition coefficient (Wildman–Crippen LogP) is 2.67. The van der Waals surface area contributed by atoms with Crippen LogP contribution in [0.4, 0.5) is 5.69 Å². The average Bonchev–Trinajstić information content (AvgIpc) is 2.81. The van der Waals surface area contributed by atoms with Gasteiger partial charge >= 0.3 is 0 Å². The summed E-state index contributed by atoms with van der Waals surface area (Å²) in [5, 5.41) is 3.25. The lowest BCUT2D eigenvalue weighted by atomic mass is 10.2. The van der Waals surface area contributed by atoms with Crippen LogP contribution in [-0.2, 0) is 4.79 Å². The number of fused-ring (bicyclic) bond motifs is 1. The van der Waals surface area contributed by atoms with E-state index in [2.05, 4.69) is 10.3 Å². The first-order valence-electron chi connectivity index (χ1n) is 7.34. The molecule has 1 N–H and O–H groups in total. The van der Waals surface area contributed by atoms with Crippen molar-refractivity contribution in [3.8, 4) is 0 Å². The SMILES string of the molecule is Cc1ccc(NC(=O)CCN2C(=O)c3cccnc3C2=O)cc1Cl. The number of carbonyl (C=O) groups is 3. The number of pyridine rings is 1. The van der Waals surface area contributed by atoms with Crippen molar-refractivity contribution >= 4 is 35.0 Å². The van der Waals surface area contributed by atoms with Crippen molar-refractivity contribution in [1.82, 2.24) is 9.88 Å². The smallest absolute Gasteiger partial charge is 0.280 e. The number of anilines is 1. The summed E-state index contributed by atoms with van der Waals surface area (Å²) >= 11 is 6.01. The molecule has 0 atom stereocenters. The molecule has 0 fully saturated rings. The van der Waals surface area contributed by atoms with Crippen LogP contribution in [0.2, 0.25) is 5.02 Å². The van der Waals surface area contributed by atoms with Gasteiger partial charge in [0, 0.05) is 29.9 Å². The third-order valence-corrected chi connectivity index (χ3v) is 4.16. The molecule has 1 aliphatic rings. The third kappa shape index (κ3) is 3.00. The molecule has 1 aromatic carbocycles. The first-order valence-corrected chi connectivity index (χ1v) is 7.72. The second-order valence-electron chi connectivity index (χ2n) is 5.42. The molecule has 0 unspecified atom stereocenters. The molecular formula is C17H14ClN3O3. The van der Waals surface area contributed by atoms with Gasteiger partial charge in [-0.15, -0.1) is 0 Å². The van der Waals surface area contributed by atoms with Crippen LogP contribution >= 0.6 is 11.6 Å². The predicted molar refractivity (Wildman–Crippen MR) is 89.0 cm³/mol. The van der Waals surface area contributed by atoms with Crippen molar-refractivity contribution in [3.05, 3.63) is 58.4 Å². The van der Waals surface area contributed by atoms with E-state index in [0.717, 1.165) is 10.5 Å². The molecule has 3 amide bonds. The van der Waals surface area contributed by atoms with Crippen LogP contribution in [0.1, 0.15) is 32.8 Å². The van der Waals surface area contributed by atoms with E-state index >= 15 is 0 Å². The number of nitrogens with one attached hydrogen (secondary N) is 1. The van der Waals surface area contributed by atoms with E-state index in [1.807, 2.05) is 6.92 Å². The summed E-state index contributed by atoms with van der Waals surface area (Å²) in [5.74, 6) is -1.20. The standard InChI is InChI=1S/C17H14ClN3O3/c1-10-4-5-11(9-13(10)18)20-14(22)6-8-21-16(23)12-3-2-7-19-15(12)17(21)24/h2-5,7,9H,6,8H2,1H3,(H,20,22). The Morgan fingerprint density at radius 3 is 2.75 bits per heavy atom. The Morgan fingerprint density at radius 1 is 1.25 bits per heavy atom. The number of aromatic nitrogens is 1. The van der Waals surface area contributed by atoms with E-state index in [9.17, 15) is 14.4 Å². The van der Waals surface area contributed by atoms with E-state index in [0.29, 0.717) is 10.7 Å². The molecule has 0 bridgehead atoms. The van der Waals surface area contributed by atoms with Gasteiger partial charge in [-0.1, -0.05) is 17.7 Å². The van der Waals surface area contributed by atoms with Gasteiger partial charge in [-0.25, -0.2) is 0 Å². The zero-order valence-corrected chi connectivity index (χ0v) is 13.6. The molecule has 1 aliphatic heterocycles. The Labute approximate surface area is 143 Å². The molecule has 0 radical (unpaired) electrons. The number of hydrogen-bond donors (Lipinski definition) is 1. The highest BCUT2D eigenvalue weighted by atomic mass is 35.5. The van der Waals surface area contributed by atoms with Gasteiger partial charge in [0.25, 0.3) is 11.8 Å². The second-order valence-corrected chi connectivity index (χ2v) is 5.83. The highest BCUT2D eigenvalue weighted by Crippen LogP contribution is 2.22. The van der Waals surface area contributed by atoms with Crippen molar-refractivity contribution in [2.45, 2.75) is 13.3 Å². The molecule has 2 heterocycles. The lowest BCUT2D eigenvalue weighted by Crippen LogP contribution is -2.33. The van der Waals surface area contributed by atoms with E-state index < -0.39 is 11.8 Å². The Balaban J connectivity index is 1.62. The first-order chi connectivity index (χ1) is 11.5. The lowest BCUT2D eigenvalue weighted by molar-refractivity contribution is -0.116. The summed E-state index contributed by atoms with van der Waals surface area (Å²) in [7, 11) is 0. The zero-order valence-electron chi connectivity index (χ0n) is 12.9. The van der Waals surface area contributed by atoms with Crippen molar-refractivity contribution in [2.24, 2.45) is 0 Å². The number of aryl methyl sites for hydroxylation is 1. The van der Waals surface area contributed by atoms with Crippen LogP contribution < -0.4 is 5.32 Å². The molecule has 122 valence electrons. The minimum Gasteiger partial charge on any atom is -0.326 e. The molecule has 6 nitrogen and oxygen atoms in total. The van der Waals surface area contributed by atoms with Crippen LogP contribution in [0.5, 0.6) is 0 Å². The number of carbonyl (C=O) groups excluding carboxylic acids is 3. The summed E-state index contributed by atoms with van der Waals surface area (Å²) in [6.07, 6.45) is 1.46. The van der Waals surface area contributed by atoms with Gasteiger partial charge in [0.1, 0.15) is 5.69 Å². The van der Waals surface area contributed by atoms with Crippen LogP contribution in [0.15, 0.2) is 36.5 Å². The lowest BCUT2D eigenvalue weighted by Gasteiger charge is -2.13. The molecular weight excluding hydrogens is 330 g/mol. The molecule has 0 saturated heterocycles. The number of halogens is 1. The summed E-state index contributed by atoms with van der Waals surface area (Å²) in [4.78, 5) is 41.3. The minimum absolute atomic E-state index is 0.000542. The van der Waals surface area contributed by atoms with Gasteiger partial charge in [-0.2, -0.15) is 0 Å². The molecule has 24 heavy (non-hydrogen) atoms. The van der Waals surface area contributed by atoms with E-state index in [1.165, 1.54) is 6.20 Å². The normalized spacial score (nSPS) is 13.2. The van der Waals surface area contributed by atoms with Crippen LogP contribution in [0, 0.1) is 6.92 Å². The number of amides is 3. The Hall–Kier alpha value is -2.73. The van der Waals surface area contributed by atoms with Gasteiger partial charge in [-0.05, 0) is 36.8 Å². The van der Waals surface area contributed by atoms with Crippen molar-refractivity contribution in [1.29, 1.82) is 0 Å². The van der Waals surface area contributed by atoms with Crippen molar-refractivity contribution in [3.63, 3.8) is 0 Å². The Morgan fingerprint density at radius 2 is 2.04 bits per heavy atom. The maximum Gasteiger partial charge on any atom is 0.280 e. The Bertz CT molecular complexity index is 816. The zero-order chi connectivity index (χ0) is 17.3. The van der Waals surface area contributed by atoms with Crippen molar-refractivity contribution < 1.29 is 14.4 Å². The fourth-order valence-corrected chi connectivity index (χ4v) is 2.60. The Kier molecular flexibility index (Phi) is 4.31. The maximum absolute atomic E-state index is 12.2. The first kappa shape index (κ1) is 16.1. The molecule has 2 aromatic rings. The van der Waals surface area contributed by atoms with Gasteiger partial charge in [0.2, 0.25) is 5.91 Å². The monoisotopic (exact) mass is 343 g/mol. The third-order valence-electron chi connectivity index (χ3n) is 3.75. The van der Waals surface area contributed by atoms with E-state index in [-0.39, 0.29) is 30.1 Å². The number of hydrogen-bond acceptors (Lipinski definition) is 4. The summed E-state index contributed by atoms with van der Waals surface area (Å²) in [6, 6.07) is 8.35. The topological polar surface area (TPSA) is 79.4 Å². The van der Waals surface area contributed by atoms with Crippen LogP contribution in [0.25, 0.3) is 0 Å². The highest BCUT2D eigenvalue weighted by molar-refractivity contribution is 6.31. The molecule has 3 rings (SSSR count). The second kappa shape index (κ2) is 6.41. The molecule has 0 spiro atoms. The largest absolute Gasteiger partial charge is 0.326 e. The average molecular weight is 344 g/mol. The van der Waals surface area contributed by atoms with Crippen LogP contribution in [0.3, 0.4) is 0 Å². The maximum atomic E-state index is 12.2. The van der Waals surface area contributed by atoms with Gasteiger partial charge < -0.3 is 5.32 Å². The summed E-state index contributed by atoms with van der Waals surface area (Å²) in [5.41, 5.74) is 1.88. The summed E-state index contributed by atoms with van der Waals surface area (Å²) < 4.78 is 0. The van der Waals surface area contributed by atoms with E-state index in [1.54, 1.807) is 30.3 Å². The van der Waals surface area contributed by atoms with Gasteiger partial charge in [0.15, 0.2) is 0 Å². The fourth-order valence-electron chi connectivity index (χ4n) is 2.42. The number of nitrogens with zero attached hydrogens (tertiary/aromatic N) is 2. The molecule has 0 aliphatic carbocycles. The molecule has 0 saturated carbocycles. The number of imide groups is 1. The minimum atomic E-state index is -0.471. The quantitative estimate of drug-likeness (QED) is 0.865. The van der Waals surface area contributed by atoms with Gasteiger partial charge in [0.05, 0.1) is 5.56 Å². The summed E-state index contributed by atoms with van der Waals surface area (Å²) in [6.45, 7) is 1.86.